The predicted molar refractivity (Wildman–Crippen MR) is 104 cm³/mol. The molecule has 26 heavy (non-hydrogen) atoms. The molecule has 0 saturated heterocycles. The van der Waals surface area contributed by atoms with Gasteiger partial charge in [0.1, 0.15) is 0 Å². The average molecular weight is 373 g/mol. The highest BCUT2D eigenvalue weighted by Crippen LogP contribution is 2.21. The van der Waals surface area contributed by atoms with E-state index in [1.54, 1.807) is 44.4 Å². The Hall–Kier alpha value is -2.54. The molecule has 0 saturated carbocycles. The van der Waals surface area contributed by atoms with E-state index >= 15 is 0 Å². The lowest BCUT2D eigenvalue weighted by atomic mass is 10.0. The van der Waals surface area contributed by atoms with Gasteiger partial charge < -0.3 is 0 Å². The predicted octanol–water partition coefficient (Wildman–Crippen LogP) is 2.88. The van der Waals surface area contributed by atoms with Gasteiger partial charge in [0.15, 0.2) is 0 Å². The van der Waals surface area contributed by atoms with Crippen molar-refractivity contribution in [2.24, 2.45) is 20.0 Å². The third-order valence-electron chi connectivity index (χ3n) is 4.40. The van der Waals surface area contributed by atoms with Crippen LogP contribution in [-0.2, 0) is 30.5 Å². The second-order valence-electron chi connectivity index (χ2n) is 6.95. The number of aromatic nitrogens is 2. The Kier molecular flexibility index (Phi) is 4.66. The van der Waals surface area contributed by atoms with Crippen molar-refractivity contribution in [1.29, 1.82) is 0 Å². The number of benzene rings is 2. The third kappa shape index (κ3) is 3.39. The van der Waals surface area contributed by atoms with Crippen LogP contribution >= 0.6 is 0 Å². The molecule has 0 radical (unpaired) electrons. The minimum Gasteiger partial charge on any atom is -0.295 e. The van der Waals surface area contributed by atoms with Gasteiger partial charge in [-0.2, -0.15) is 0 Å². The van der Waals surface area contributed by atoms with Gasteiger partial charge in [-0.3, -0.25) is 13.9 Å². The average Bonchev–Trinajstić information content (AvgIpc) is 2.79. The molecule has 0 bridgehead atoms. The SMILES string of the molecule is CC(C)Cc1ccc(S(=O)(=O)Nc2ccc3c(c2)n(C)c(=O)n3C)cc1. The fraction of sp³-hybridized carbons (Fsp3) is 0.316. The Bertz CT molecular complexity index is 1110. The molecule has 138 valence electrons. The van der Waals surface area contributed by atoms with Crippen molar-refractivity contribution in [2.75, 3.05) is 4.72 Å². The lowest BCUT2D eigenvalue weighted by Gasteiger charge is -2.10. The summed E-state index contributed by atoms with van der Waals surface area (Å²) in [6.45, 7) is 4.25. The number of nitrogens with one attached hydrogen (secondary N) is 1. The van der Waals surface area contributed by atoms with Gasteiger partial charge in [0.25, 0.3) is 10.0 Å². The summed E-state index contributed by atoms with van der Waals surface area (Å²) in [7, 11) is -0.337. The molecule has 7 heteroatoms. The van der Waals surface area contributed by atoms with E-state index < -0.39 is 10.0 Å². The second kappa shape index (κ2) is 6.64. The molecule has 0 spiro atoms. The molecule has 0 amide bonds. The molecule has 1 N–H and O–H groups in total. The fourth-order valence-electron chi connectivity index (χ4n) is 3.06. The van der Waals surface area contributed by atoms with Crippen LogP contribution in [0.4, 0.5) is 5.69 Å². The van der Waals surface area contributed by atoms with Crippen LogP contribution in [0.2, 0.25) is 0 Å². The first kappa shape index (κ1) is 18.3. The maximum absolute atomic E-state index is 12.6. The largest absolute Gasteiger partial charge is 0.328 e. The number of hydrogen-bond donors (Lipinski definition) is 1. The van der Waals surface area contributed by atoms with Crippen molar-refractivity contribution in [3.8, 4) is 0 Å². The molecular weight excluding hydrogens is 350 g/mol. The fourth-order valence-corrected chi connectivity index (χ4v) is 4.11. The molecule has 0 aliphatic rings. The zero-order chi connectivity index (χ0) is 19.1. The second-order valence-corrected chi connectivity index (χ2v) is 8.63. The number of hydrogen-bond acceptors (Lipinski definition) is 3. The van der Waals surface area contributed by atoms with Gasteiger partial charge in [-0.05, 0) is 48.2 Å². The van der Waals surface area contributed by atoms with Crippen molar-refractivity contribution >= 4 is 26.7 Å². The first-order valence-electron chi connectivity index (χ1n) is 8.46. The normalized spacial score (nSPS) is 12.0. The van der Waals surface area contributed by atoms with Crippen LogP contribution in [-0.4, -0.2) is 17.6 Å². The van der Waals surface area contributed by atoms with Crippen molar-refractivity contribution in [1.82, 2.24) is 9.13 Å². The molecule has 0 atom stereocenters. The monoisotopic (exact) mass is 373 g/mol. The Morgan fingerprint density at radius 2 is 1.58 bits per heavy atom. The van der Waals surface area contributed by atoms with E-state index in [4.69, 9.17) is 0 Å². The Morgan fingerprint density at radius 1 is 0.962 bits per heavy atom. The van der Waals surface area contributed by atoms with Crippen LogP contribution in [0.5, 0.6) is 0 Å². The zero-order valence-electron chi connectivity index (χ0n) is 15.4. The lowest BCUT2D eigenvalue weighted by Crippen LogP contribution is -2.19. The highest BCUT2D eigenvalue weighted by Gasteiger charge is 2.16. The standard InChI is InChI=1S/C19H23N3O3S/c1-13(2)11-14-5-8-16(9-6-14)26(24,25)20-15-7-10-17-18(12-15)22(4)19(23)21(17)3/h5-10,12-13,20H,11H2,1-4H3. The highest BCUT2D eigenvalue weighted by molar-refractivity contribution is 7.92. The summed E-state index contributed by atoms with van der Waals surface area (Å²) in [5, 5.41) is 0. The van der Waals surface area contributed by atoms with Gasteiger partial charge in [-0.25, -0.2) is 13.2 Å². The first-order valence-corrected chi connectivity index (χ1v) is 9.94. The molecule has 3 aromatic rings. The smallest absolute Gasteiger partial charge is 0.295 e. The van der Waals surface area contributed by atoms with Crippen molar-refractivity contribution in [3.63, 3.8) is 0 Å². The van der Waals surface area contributed by atoms with Crippen LogP contribution in [0.1, 0.15) is 19.4 Å². The van der Waals surface area contributed by atoms with Crippen LogP contribution in [0, 0.1) is 5.92 Å². The Morgan fingerprint density at radius 3 is 2.19 bits per heavy atom. The number of sulfonamides is 1. The summed E-state index contributed by atoms with van der Waals surface area (Å²) in [6.07, 6.45) is 0.909. The number of anilines is 1. The van der Waals surface area contributed by atoms with Crippen LogP contribution in [0.15, 0.2) is 52.2 Å². The molecule has 6 nitrogen and oxygen atoms in total. The summed E-state index contributed by atoms with van der Waals surface area (Å²) >= 11 is 0. The topological polar surface area (TPSA) is 73.1 Å². The Balaban J connectivity index is 1.91. The number of aryl methyl sites for hydroxylation is 2. The van der Waals surface area contributed by atoms with Crippen molar-refractivity contribution in [2.45, 2.75) is 25.2 Å². The molecule has 2 aromatic carbocycles. The van der Waals surface area contributed by atoms with E-state index in [-0.39, 0.29) is 10.6 Å². The van der Waals surface area contributed by atoms with Gasteiger partial charge >= 0.3 is 5.69 Å². The van der Waals surface area contributed by atoms with E-state index in [1.165, 1.54) is 9.13 Å². The molecule has 1 aromatic heterocycles. The third-order valence-corrected chi connectivity index (χ3v) is 5.80. The lowest BCUT2D eigenvalue weighted by molar-refractivity contribution is 0.601. The summed E-state index contributed by atoms with van der Waals surface area (Å²) in [5.41, 5.74) is 2.80. The van der Waals surface area contributed by atoms with Gasteiger partial charge in [0.2, 0.25) is 0 Å². The van der Waals surface area contributed by atoms with Gasteiger partial charge in [0, 0.05) is 14.1 Å². The van der Waals surface area contributed by atoms with Crippen molar-refractivity contribution < 1.29 is 8.42 Å². The zero-order valence-corrected chi connectivity index (χ0v) is 16.2. The Labute approximate surface area is 153 Å². The van der Waals surface area contributed by atoms with Crippen LogP contribution in [0.25, 0.3) is 11.0 Å². The summed E-state index contributed by atoms with van der Waals surface area (Å²) in [4.78, 5) is 12.2. The van der Waals surface area contributed by atoms with Crippen LogP contribution in [0.3, 0.4) is 0 Å². The van der Waals surface area contributed by atoms with E-state index in [9.17, 15) is 13.2 Å². The minimum atomic E-state index is -3.69. The van der Waals surface area contributed by atoms with Gasteiger partial charge in [0.05, 0.1) is 21.6 Å². The molecule has 3 rings (SSSR count). The van der Waals surface area contributed by atoms with E-state index in [1.807, 2.05) is 12.1 Å². The molecule has 0 fully saturated rings. The molecule has 1 heterocycles. The quantitative estimate of drug-likeness (QED) is 0.747. The van der Waals surface area contributed by atoms with E-state index in [0.717, 1.165) is 17.5 Å². The number of imidazole rings is 1. The van der Waals surface area contributed by atoms with E-state index in [0.29, 0.717) is 17.1 Å². The molecule has 0 aliphatic carbocycles. The maximum Gasteiger partial charge on any atom is 0.328 e. The summed E-state index contributed by atoms with van der Waals surface area (Å²) < 4.78 is 30.9. The van der Waals surface area contributed by atoms with E-state index in [2.05, 4.69) is 18.6 Å². The number of fused-ring (bicyclic) bond motifs is 1. The highest BCUT2D eigenvalue weighted by atomic mass is 32.2. The molecular formula is C19H23N3O3S. The first-order chi connectivity index (χ1) is 12.2. The van der Waals surface area contributed by atoms with Gasteiger partial charge in [-0.1, -0.05) is 26.0 Å². The summed E-state index contributed by atoms with van der Waals surface area (Å²) in [5.74, 6) is 0.514. The maximum atomic E-state index is 12.6. The number of nitrogens with zero attached hydrogens (tertiary/aromatic N) is 2. The minimum absolute atomic E-state index is 0.152. The van der Waals surface area contributed by atoms with Crippen LogP contribution < -0.4 is 10.4 Å². The van der Waals surface area contributed by atoms with Crippen molar-refractivity contribution in [3.05, 3.63) is 58.5 Å². The summed E-state index contributed by atoms with van der Waals surface area (Å²) in [6, 6.07) is 12.0. The molecule has 0 unspecified atom stereocenters. The van der Waals surface area contributed by atoms with Gasteiger partial charge in [-0.15, -0.1) is 0 Å². The molecule has 0 aliphatic heterocycles. The number of rotatable bonds is 5.